The molecule has 0 unspecified atom stereocenters. The number of aliphatic hydroxyl groups excluding tert-OH is 1. The Balaban J connectivity index is 2.87. The molecule has 0 aromatic carbocycles. The summed E-state index contributed by atoms with van der Waals surface area (Å²) in [5, 5.41) is 8.92. The molecule has 1 aromatic heterocycles. The van der Waals surface area contributed by atoms with Crippen LogP contribution in [0.3, 0.4) is 0 Å². The maximum Gasteiger partial charge on any atom is 0.247 e. The van der Waals surface area contributed by atoms with Crippen LogP contribution >= 0.6 is 0 Å². The minimum atomic E-state index is -3.65. The minimum Gasteiger partial charge on any atom is -0.392 e. The number of aliphatic hydroxyl groups is 1. The molecule has 0 spiro atoms. The van der Waals surface area contributed by atoms with E-state index in [4.69, 9.17) is 5.11 Å². The van der Waals surface area contributed by atoms with Gasteiger partial charge in [0.05, 0.1) is 11.0 Å². The van der Waals surface area contributed by atoms with Crippen molar-refractivity contribution in [2.75, 3.05) is 6.54 Å². The van der Waals surface area contributed by atoms with Gasteiger partial charge in [0.25, 0.3) is 0 Å². The van der Waals surface area contributed by atoms with E-state index in [-0.39, 0.29) is 17.0 Å². The molecule has 7 heteroatoms. The first-order chi connectivity index (χ1) is 6.92. The molecule has 6 nitrogen and oxygen atoms in total. The second kappa shape index (κ2) is 4.56. The number of hydrogen-bond donors (Lipinski definition) is 3. The molecule has 0 bridgehead atoms. The quantitative estimate of drug-likeness (QED) is 0.622. The van der Waals surface area contributed by atoms with Crippen molar-refractivity contribution < 1.29 is 13.5 Å². The fourth-order valence-corrected chi connectivity index (χ4v) is 1.97. The van der Waals surface area contributed by atoms with Crippen molar-refractivity contribution in [3.63, 3.8) is 0 Å². The zero-order chi connectivity index (χ0) is 11.5. The van der Waals surface area contributed by atoms with Crippen LogP contribution in [0.4, 0.5) is 0 Å². The summed E-state index contributed by atoms with van der Waals surface area (Å²) < 4.78 is 25.2. The Bertz CT molecular complexity index is 457. The Hall–Kier alpha value is -1.18. The van der Waals surface area contributed by atoms with Crippen LogP contribution in [0.25, 0.3) is 0 Å². The molecule has 0 amide bonds. The second-order valence-electron chi connectivity index (χ2n) is 3.09. The number of aromatic nitrogens is 1. The van der Waals surface area contributed by atoms with Crippen LogP contribution in [0.15, 0.2) is 28.0 Å². The molecule has 0 saturated heterocycles. The molecule has 0 aliphatic carbocycles. The fraction of sp³-hybridized carbons (Fsp3) is 0.375. The molecule has 3 N–H and O–H groups in total. The summed E-state index contributed by atoms with van der Waals surface area (Å²) in [7, 11) is -3.65. The highest BCUT2D eigenvalue weighted by Gasteiger charge is 2.13. The van der Waals surface area contributed by atoms with Crippen molar-refractivity contribution in [3.05, 3.63) is 28.7 Å². The second-order valence-corrected chi connectivity index (χ2v) is 4.86. The van der Waals surface area contributed by atoms with E-state index < -0.39 is 16.1 Å². The van der Waals surface area contributed by atoms with Crippen molar-refractivity contribution >= 4 is 10.0 Å². The van der Waals surface area contributed by atoms with Crippen LogP contribution in [0.2, 0.25) is 0 Å². The molecule has 1 atom stereocenters. The van der Waals surface area contributed by atoms with Gasteiger partial charge in [0, 0.05) is 18.8 Å². The zero-order valence-corrected chi connectivity index (χ0v) is 8.91. The van der Waals surface area contributed by atoms with Crippen LogP contribution in [-0.2, 0) is 10.0 Å². The molecular formula is C8H12N2O4S. The summed E-state index contributed by atoms with van der Waals surface area (Å²) in [5.74, 6) is 0. The molecule has 0 saturated carbocycles. The molecule has 1 rings (SSSR count). The van der Waals surface area contributed by atoms with Crippen molar-refractivity contribution in [2.24, 2.45) is 0 Å². The van der Waals surface area contributed by atoms with Gasteiger partial charge in [0.2, 0.25) is 15.6 Å². The summed E-state index contributed by atoms with van der Waals surface area (Å²) in [6.45, 7) is 1.40. The van der Waals surface area contributed by atoms with E-state index in [0.29, 0.717) is 0 Å². The molecular weight excluding hydrogens is 220 g/mol. The maximum atomic E-state index is 11.5. The van der Waals surface area contributed by atoms with E-state index in [1.54, 1.807) is 0 Å². The van der Waals surface area contributed by atoms with Gasteiger partial charge in [-0.05, 0) is 13.0 Å². The Kier molecular flexibility index (Phi) is 3.61. The van der Waals surface area contributed by atoms with Crippen molar-refractivity contribution in [1.29, 1.82) is 0 Å². The number of rotatable bonds is 4. The number of H-pyrrole nitrogens is 1. The Morgan fingerprint density at radius 3 is 2.67 bits per heavy atom. The molecule has 84 valence electrons. The first-order valence-corrected chi connectivity index (χ1v) is 5.76. The van der Waals surface area contributed by atoms with E-state index in [2.05, 4.69) is 9.71 Å². The van der Waals surface area contributed by atoms with Gasteiger partial charge in [-0.25, -0.2) is 13.1 Å². The van der Waals surface area contributed by atoms with E-state index >= 15 is 0 Å². The average molecular weight is 232 g/mol. The number of aromatic amines is 1. The van der Waals surface area contributed by atoms with Crippen LogP contribution in [0, 0.1) is 0 Å². The number of hydrogen-bond acceptors (Lipinski definition) is 4. The highest BCUT2D eigenvalue weighted by Crippen LogP contribution is 2.03. The van der Waals surface area contributed by atoms with Crippen LogP contribution in [-0.4, -0.2) is 31.2 Å². The lowest BCUT2D eigenvalue weighted by atomic mass is 10.4. The van der Waals surface area contributed by atoms with E-state index in [9.17, 15) is 13.2 Å². The zero-order valence-electron chi connectivity index (χ0n) is 8.10. The van der Waals surface area contributed by atoms with Gasteiger partial charge in [-0.3, -0.25) is 4.79 Å². The van der Waals surface area contributed by atoms with Gasteiger partial charge in [-0.2, -0.15) is 0 Å². The lowest BCUT2D eigenvalue weighted by Gasteiger charge is -2.07. The SMILES string of the molecule is C[C@@H](O)CNS(=O)(=O)c1ccc(=O)[nH]c1. The molecule has 15 heavy (non-hydrogen) atoms. The Morgan fingerprint density at radius 2 is 2.20 bits per heavy atom. The fourth-order valence-electron chi connectivity index (χ4n) is 0.877. The van der Waals surface area contributed by atoms with E-state index in [1.165, 1.54) is 13.0 Å². The van der Waals surface area contributed by atoms with E-state index in [1.807, 2.05) is 0 Å². The summed E-state index contributed by atoms with van der Waals surface area (Å²) >= 11 is 0. The summed E-state index contributed by atoms with van der Waals surface area (Å²) in [6.07, 6.45) is 0.342. The van der Waals surface area contributed by atoms with Gasteiger partial charge in [-0.1, -0.05) is 0 Å². The smallest absolute Gasteiger partial charge is 0.247 e. The lowest BCUT2D eigenvalue weighted by molar-refractivity contribution is 0.198. The summed E-state index contributed by atoms with van der Waals surface area (Å²) in [5.41, 5.74) is -0.371. The highest BCUT2D eigenvalue weighted by atomic mass is 32.2. The van der Waals surface area contributed by atoms with E-state index in [0.717, 1.165) is 12.3 Å². The van der Waals surface area contributed by atoms with Gasteiger partial charge in [0.1, 0.15) is 0 Å². The van der Waals surface area contributed by atoms with Gasteiger partial charge < -0.3 is 10.1 Å². The predicted octanol–water partition coefficient (Wildman–Crippen LogP) is -0.966. The number of nitrogens with one attached hydrogen (secondary N) is 2. The lowest BCUT2D eigenvalue weighted by Crippen LogP contribution is -2.31. The van der Waals surface area contributed by atoms with Gasteiger partial charge in [0.15, 0.2) is 0 Å². The summed E-state index contributed by atoms with van der Waals surface area (Å²) in [4.78, 5) is 12.9. The van der Waals surface area contributed by atoms with Gasteiger partial charge in [-0.15, -0.1) is 0 Å². The van der Waals surface area contributed by atoms with Gasteiger partial charge >= 0.3 is 0 Å². The minimum absolute atomic E-state index is 0.0391. The topological polar surface area (TPSA) is 99.3 Å². The highest BCUT2D eigenvalue weighted by molar-refractivity contribution is 7.89. The summed E-state index contributed by atoms with van der Waals surface area (Å²) in [6, 6.07) is 2.32. The van der Waals surface area contributed by atoms with Crippen LogP contribution in [0.1, 0.15) is 6.92 Å². The Morgan fingerprint density at radius 1 is 1.53 bits per heavy atom. The molecule has 0 aliphatic rings. The third kappa shape index (κ3) is 3.46. The van der Waals surface area contributed by atoms with Crippen molar-refractivity contribution in [2.45, 2.75) is 17.9 Å². The number of pyridine rings is 1. The van der Waals surface area contributed by atoms with Crippen LogP contribution in [0.5, 0.6) is 0 Å². The molecule has 0 fully saturated rings. The largest absolute Gasteiger partial charge is 0.392 e. The standard InChI is InChI=1S/C8H12N2O4S/c1-6(11)4-10-15(13,14)7-2-3-8(12)9-5-7/h2-3,5-6,10-11H,4H2,1H3,(H,9,12)/t6-/m1/s1. The normalized spacial score (nSPS) is 13.7. The van der Waals surface area contributed by atoms with Crippen molar-refractivity contribution in [3.8, 4) is 0 Å². The maximum absolute atomic E-state index is 11.5. The predicted molar refractivity (Wildman–Crippen MR) is 53.9 cm³/mol. The first-order valence-electron chi connectivity index (χ1n) is 4.28. The molecule has 1 aromatic rings. The number of sulfonamides is 1. The average Bonchev–Trinajstić information content (AvgIpc) is 2.16. The molecule has 1 heterocycles. The van der Waals surface area contributed by atoms with Crippen LogP contribution < -0.4 is 10.3 Å². The third-order valence-electron chi connectivity index (χ3n) is 1.63. The Labute approximate surface area is 87.0 Å². The monoisotopic (exact) mass is 232 g/mol. The van der Waals surface area contributed by atoms with Crippen molar-refractivity contribution in [1.82, 2.24) is 9.71 Å². The molecule has 0 aliphatic heterocycles. The molecule has 0 radical (unpaired) electrons. The third-order valence-corrected chi connectivity index (χ3v) is 3.06. The first kappa shape index (κ1) is 11.9.